The molecule has 1 rings (SSSR count). The fraction of sp³-hybridized carbons (Fsp3) is 0.833. The summed E-state index contributed by atoms with van der Waals surface area (Å²) >= 11 is 3.49. The lowest BCUT2D eigenvalue weighted by Crippen LogP contribution is -2.19. The highest BCUT2D eigenvalue weighted by Gasteiger charge is 2.23. The fourth-order valence-corrected chi connectivity index (χ4v) is 2.76. The minimum Gasteiger partial charge on any atom is -0.0987 e. The molecule has 1 aliphatic carbocycles. The molecule has 0 aromatic rings. The molecule has 0 aromatic carbocycles. The third-order valence-electron chi connectivity index (χ3n) is 3.46. The zero-order valence-corrected chi connectivity index (χ0v) is 10.4. The van der Waals surface area contributed by atoms with Gasteiger partial charge in [0.05, 0.1) is 0 Å². The minimum atomic E-state index is 0.800. The monoisotopic (exact) mass is 244 g/mol. The van der Waals surface area contributed by atoms with Crippen LogP contribution in [0.25, 0.3) is 0 Å². The molecular weight excluding hydrogens is 224 g/mol. The number of allylic oxidation sites excluding steroid dienone is 1. The van der Waals surface area contributed by atoms with E-state index in [0.29, 0.717) is 0 Å². The predicted octanol–water partition coefficient (Wildman–Crippen LogP) is 4.40. The fourth-order valence-electron chi connectivity index (χ4n) is 2.30. The molecule has 1 fully saturated rings. The van der Waals surface area contributed by atoms with Gasteiger partial charge in [-0.2, -0.15) is 0 Å². The zero-order chi connectivity index (χ0) is 9.84. The Bertz CT molecular complexity index is 164. The van der Waals surface area contributed by atoms with E-state index >= 15 is 0 Å². The van der Waals surface area contributed by atoms with E-state index < -0.39 is 0 Å². The first kappa shape index (κ1) is 11.3. The van der Waals surface area contributed by atoms with E-state index in [2.05, 4.69) is 36.4 Å². The summed E-state index contributed by atoms with van der Waals surface area (Å²) in [4.78, 5) is 0. The lowest BCUT2D eigenvalue weighted by Gasteiger charge is -2.31. The first-order chi connectivity index (χ1) is 6.15. The molecule has 0 aliphatic heterocycles. The average Bonchev–Trinajstić information content (AvgIpc) is 2.17. The van der Waals surface area contributed by atoms with Crippen LogP contribution in [-0.4, -0.2) is 5.33 Å². The summed E-state index contributed by atoms with van der Waals surface area (Å²) in [7, 11) is 0. The van der Waals surface area contributed by atoms with Crippen molar-refractivity contribution in [1.82, 2.24) is 0 Å². The lowest BCUT2D eigenvalue weighted by atomic mass is 9.75. The summed E-state index contributed by atoms with van der Waals surface area (Å²) in [5, 5.41) is 0.990. The topological polar surface area (TPSA) is 0 Å². The quantitative estimate of drug-likeness (QED) is 0.510. The van der Waals surface area contributed by atoms with Crippen molar-refractivity contribution in [3.05, 3.63) is 12.2 Å². The van der Waals surface area contributed by atoms with Crippen LogP contribution >= 0.6 is 15.9 Å². The maximum absolute atomic E-state index is 4.12. The van der Waals surface area contributed by atoms with Crippen LogP contribution < -0.4 is 0 Å². The number of halogens is 1. The Hall–Kier alpha value is 0.220. The van der Waals surface area contributed by atoms with Crippen molar-refractivity contribution in [1.29, 1.82) is 0 Å². The molecule has 1 aliphatic rings. The van der Waals surface area contributed by atoms with Crippen LogP contribution in [0.15, 0.2) is 12.2 Å². The van der Waals surface area contributed by atoms with Crippen molar-refractivity contribution < 1.29 is 0 Å². The highest BCUT2D eigenvalue weighted by molar-refractivity contribution is 9.09. The number of rotatable bonds is 3. The Morgan fingerprint density at radius 2 is 1.85 bits per heavy atom. The minimum absolute atomic E-state index is 0.800. The number of hydrogen-bond donors (Lipinski definition) is 0. The third kappa shape index (κ3) is 3.12. The van der Waals surface area contributed by atoms with Crippen molar-refractivity contribution >= 4 is 15.9 Å². The van der Waals surface area contributed by atoms with E-state index in [0.717, 1.165) is 23.1 Å². The third-order valence-corrected chi connectivity index (χ3v) is 4.18. The Balaban J connectivity index is 2.34. The van der Waals surface area contributed by atoms with Gasteiger partial charge in [-0.25, -0.2) is 0 Å². The molecule has 0 amide bonds. The van der Waals surface area contributed by atoms with Gasteiger partial charge in [0.2, 0.25) is 0 Å². The standard InChI is InChI=1S/C12H21Br/c1-9(2)11-4-6-12(7-5-11)10(3)8-13/h9,11-12H,3-8H2,1-2H3. The molecule has 1 saturated carbocycles. The SMILES string of the molecule is C=C(CBr)C1CCC(C(C)C)CC1. The summed E-state index contributed by atoms with van der Waals surface area (Å²) in [6.45, 7) is 8.82. The van der Waals surface area contributed by atoms with Gasteiger partial charge in [-0.15, -0.1) is 0 Å². The summed E-state index contributed by atoms with van der Waals surface area (Å²) < 4.78 is 0. The molecular formula is C12H21Br. The van der Waals surface area contributed by atoms with Gasteiger partial charge >= 0.3 is 0 Å². The van der Waals surface area contributed by atoms with E-state index in [1.807, 2.05) is 0 Å². The number of hydrogen-bond acceptors (Lipinski definition) is 0. The van der Waals surface area contributed by atoms with E-state index in [1.54, 1.807) is 0 Å². The van der Waals surface area contributed by atoms with Crippen molar-refractivity contribution in [2.45, 2.75) is 39.5 Å². The van der Waals surface area contributed by atoms with Crippen LogP contribution in [0, 0.1) is 17.8 Å². The summed E-state index contributed by atoms with van der Waals surface area (Å²) in [5.41, 5.74) is 1.40. The first-order valence-corrected chi connectivity index (χ1v) is 6.51. The largest absolute Gasteiger partial charge is 0.0987 e. The summed E-state index contributed by atoms with van der Waals surface area (Å²) in [5.74, 6) is 2.65. The molecule has 76 valence electrons. The van der Waals surface area contributed by atoms with Crippen molar-refractivity contribution in [3.8, 4) is 0 Å². The molecule has 0 aromatic heterocycles. The van der Waals surface area contributed by atoms with Gasteiger partial charge in [-0.05, 0) is 43.4 Å². The van der Waals surface area contributed by atoms with Crippen molar-refractivity contribution in [2.24, 2.45) is 17.8 Å². The second-order valence-electron chi connectivity index (χ2n) is 4.65. The first-order valence-electron chi connectivity index (χ1n) is 5.38. The Morgan fingerprint density at radius 3 is 2.23 bits per heavy atom. The molecule has 1 heteroatoms. The maximum atomic E-state index is 4.12. The van der Waals surface area contributed by atoms with Crippen LogP contribution in [0.1, 0.15) is 39.5 Å². The van der Waals surface area contributed by atoms with Crippen LogP contribution in [0.4, 0.5) is 0 Å². The van der Waals surface area contributed by atoms with Gasteiger partial charge < -0.3 is 0 Å². The molecule has 0 unspecified atom stereocenters. The summed E-state index contributed by atoms with van der Waals surface area (Å²) in [6.07, 6.45) is 5.56. The van der Waals surface area contributed by atoms with Gasteiger partial charge in [0.25, 0.3) is 0 Å². The smallest absolute Gasteiger partial charge is 0.0241 e. The molecule has 13 heavy (non-hydrogen) atoms. The molecule has 0 heterocycles. The van der Waals surface area contributed by atoms with Crippen LogP contribution in [0.3, 0.4) is 0 Å². The van der Waals surface area contributed by atoms with Crippen LogP contribution in [0.5, 0.6) is 0 Å². The second kappa shape index (κ2) is 5.19. The Morgan fingerprint density at radius 1 is 1.31 bits per heavy atom. The molecule has 0 N–H and O–H groups in total. The van der Waals surface area contributed by atoms with Crippen molar-refractivity contribution in [2.75, 3.05) is 5.33 Å². The van der Waals surface area contributed by atoms with E-state index in [9.17, 15) is 0 Å². The van der Waals surface area contributed by atoms with Crippen LogP contribution in [-0.2, 0) is 0 Å². The van der Waals surface area contributed by atoms with Gasteiger partial charge in [0.15, 0.2) is 0 Å². The Labute approximate surface area is 90.9 Å². The van der Waals surface area contributed by atoms with Gasteiger partial charge in [0.1, 0.15) is 0 Å². The van der Waals surface area contributed by atoms with E-state index in [4.69, 9.17) is 0 Å². The highest BCUT2D eigenvalue weighted by Crippen LogP contribution is 2.36. The predicted molar refractivity (Wildman–Crippen MR) is 63.2 cm³/mol. The highest BCUT2D eigenvalue weighted by atomic mass is 79.9. The molecule has 0 spiro atoms. The number of alkyl halides is 1. The maximum Gasteiger partial charge on any atom is 0.0241 e. The Kier molecular flexibility index (Phi) is 4.51. The average molecular weight is 245 g/mol. The molecule has 0 atom stereocenters. The van der Waals surface area contributed by atoms with Gasteiger partial charge in [-0.1, -0.05) is 41.9 Å². The second-order valence-corrected chi connectivity index (χ2v) is 5.21. The zero-order valence-electron chi connectivity index (χ0n) is 8.85. The molecule has 0 bridgehead atoms. The molecule has 0 saturated heterocycles. The normalized spacial score (nSPS) is 29.2. The lowest BCUT2D eigenvalue weighted by molar-refractivity contribution is 0.243. The van der Waals surface area contributed by atoms with Crippen LogP contribution in [0.2, 0.25) is 0 Å². The van der Waals surface area contributed by atoms with Gasteiger partial charge in [-0.3, -0.25) is 0 Å². The summed E-state index contributed by atoms with van der Waals surface area (Å²) in [6, 6.07) is 0. The molecule has 0 nitrogen and oxygen atoms in total. The van der Waals surface area contributed by atoms with E-state index in [-0.39, 0.29) is 0 Å². The molecule has 0 radical (unpaired) electrons. The van der Waals surface area contributed by atoms with Crippen molar-refractivity contribution in [3.63, 3.8) is 0 Å². The van der Waals surface area contributed by atoms with Gasteiger partial charge in [0, 0.05) is 5.33 Å². The van der Waals surface area contributed by atoms with E-state index in [1.165, 1.54) is 31.3 Å².